The van der Waals surface area contributed by atoms with E-state index in [9.17, 15) is 0 Å². The third kappa shape index (κ3) is 3.79. The molecule has 0 saturated heterocycles. The Bertz CT molecular complexity index is 3830. The van der Waals surface area contributed by atoms with Crippen molar-refractivity contribution in [2.24, 2.45) is 0 Å². The smallest absolute Gasteiger partial charge is 0.0969 e. The molecule has 4 heterocycles. The fraction of sp³-hybridized carbons (Fsp3) is 0. The highest BCUT2D eigenvalue weighted by Gasteiger charge is 2.24. The van der Waals surface area contributed by atoms with E-state index >= 15 is 0 Å². The molecule has 0 bridgehead atoms. The SMILES string of the molecule is c1ccc2c(c1)cc(-n1c3cccnc3c3c4ccc5cc6c(c7ccc(cc31)c4c57)c1ncccc1n6-c1cc3ccccc3c3ccccc13)c1ccccc12. The highest BCUT2D eigenvalue weighted by atomic mass is 15.0. The summed E-state index contributed by atoms with van der Waals surface area (Å²) in [5, 5.41) is 19.7. The number of hydrogen-bond donors (Lipinski definition) is 0. The van der Waals surface area contributed by atoms with Crippen molar-refractivity contribution in [3.8, 4) is 11.4 Å². The molecular formula is C54H30N4. The Hall–Kier alpha value is -7.82. The molecule has 0 spiro atoms. The molecule has 10 aromatic carbocycles. The average molecular weight is 735 g/mol. The molecule has 14 aromatic rings. The summed E-state index contributed by atoms with van der Waals surface area (Å²) in [6.07, 6.45) is 3.87. The molecule has 0 amide bonds. The fourth-order valence-corrected chi connectivity index (χ4v) is 10.5. The molecule has 4 heteroatoms. The molecule has 4 aromatic heterocycles. The zero-order valence-electron chi connectivity index (χ0n) is 31.1. The normalized spacial score (nSPS) is 12.5. The lowest BCUT2D eigenvalue weighted by atomic mass is 9.90. The average Bonchev–Trinajstić information content (AvgIpc) is 3.80. The van der Waals surface area contributed by atoms with E-state index in [1.165, 1.54) is 86.2 Å². The van der Waals surface area contributed by atoms with Gasteiger partial charge < -0.3 is 9.13 Å². The van der Waals surface area contributed by atoms with E-state index < -0.39 is 0 Å². The van der Waals surface area contributed by atoms with Crippen molar-refractivity contribution < 1.29 is 0 Å². The van der Waals surface area contributed by atoms with Crippen molar-refractivity contribution >= 4 is 119 Å². The zero-order valence-corrected chi connectivity index (χ0v) is 31.1. The molecule has 0 aliphatic rings. The highest BCUT2D eigenvalue weighted by molar-refractivity contribution is 6.37. The van der Waals surface area contributed by atoms with Crippen LogP contribution in [0.2, 0.25) is 0 Å². The van der Waals surface area contributed by atoms with Crippen LogP contribution in [0.4, 0.5) is 0 Å². The highest BCUT2D eigenvalue weighted by Crippen LogP contribution is 2.47. The van der Waals surface area contributed by atoms with Gasteiger partial charge in [0.15, 0.2) is 0 Å². The second-order valence-electron chi connectivity index (χ2n) is 15.7. The van der Waals surface area contributed by atoms with Crippen molar-refractivity contribution in [3.05, 3.63) is 182 Å². The summed E-state index contributed by atoms with van der Waals surface area (Å²) in [5.74, 6) is 0. The second kappa shape index (κ2) is 10.9. The summed E-state index contributed by atoms with van der Waals surface area (Å²) in [7, 11) is 0. The Morgan fingerprint density at radius 3 is 1.16 bits per heavy atom. The molecule has 0 saturated carbocycles. The minimum Gasteiger partial charge on any atom is -0.307 e. The number of hydrogen-bond acceptors (Lipinski definition) is 2. The van der Waals surface area contributed by atoms with E-state index in [0.29, 0.717) is 0 Å². The fourth-order valence-electron chi connectivity index (χ4n) is 10.5. The van der Waals surface area contributed by atoms with Crippen molar-refractivity contribution in [1.82, 2.24) is 19.1 Å². The molecular weight excluding hydrogens is 705 g/mol. The quantitative estimate of drug-likeness (QED) is 0.166. The zero-order chi connectivity index (χ0) is 37.6. The Kier molecular flexibility index (Phi) is 5.73. The Morgan fingerprint density at radius 1 is 0.276 bits per heavy atom. The number of benzene rings is 10. The first-order valence-electron chi connectivity index (χ1n) is 19.9. The first-order valence-corrected chi connectivity index (χ1v) is 19.9. The van der Waals surface area contributed by atoms with Gasteiger partial charge in [-0.05, 0) is 113 Å². The molecule has 4 nitrogen and oxygen atoms in total. The van der Waals surface area contributed by atoms with Gasteiger partial charge >= 0.3 is 0 Å². The van der Waals surface area contributed by atoms with Gasteiger partial charge in [0.05, 0.1) is 44.5 Å². The predicted octanol–water partition coefficient (Wildman–Crippen LogP) is 14.2. The van der Waals surface area contributed by atoms with Crippen LogP contribution in [-0.4, -0.2) is 19.1 Å². The Balaban J connectivity index is 1.12. The van der Waals surface area contributed by atoms with E-state index in [1.54, 1.807) is 0 Å². The van der Waals surface area contributed by atoms with Crippen molar-refractivity contribution in [1.29, 1.82) is 0 Å². The molecule has 266 valence electrons. The van der Waals surface area contributed by atoms with E-state index in [0.717, 1.165) is 44.5 Å². The molecule has 0 atom stereocenters. The number of pyridine rings is 2. The lowest BCUT2D eigenvalue weighted by Crippen LogP contribution is -1.97. The van der Waals surface area contributed by atoms with Crippen LogP contribution < -0.4 is 0 Å². The first-order chi connectivity index (χ1) is 28.8. The number of fused-ring (bicyclic) bond motifs is 14. The van der Waals surface area contributed by atoms with Gasteiger partial charge in [0.25, 0.3) is 0 Å². The van der Waals surface area contributed by atoms with Crippen molar-refractivity contribution in [3.63, 3.8) is 0 Å². The van der Waals surface area contributed by atoms with Gasteiger partial charge in [-0.3, -0.25) is 9.97 Å². The maximum absolute atomic E-state index is 5.12. The third-order valence-corrected chi connectivity index (χ3v) is 12.8. The largest absolute Gasteiger partial charge is 0.307 e. The van der Waals surface area contributed by atoms with Crippen LogP contribution in [0.1, 0.15) is 0 Å². The van der Waals surface area contributed by atoms with Gasteiger partial charge in [-0.25, -0.2) is 0 Å². The molecule has 14 rings (SSSR count). The molecule has 0 N–H and O–H groups in total. The van der Waals surface area contributed by atoms with Crippen LogP contribution in [-0.2, 0) is 0 Å². The van der Waals surface area contributed by atoms with E-state index in [1.807, 2.05) is 12.4 Å². The summed E-state index contributed by atoms with van der Waals surface area (Å²) in [6, 6.07) is 62.4. The van der Waals surface area contributed by atoms with Crippen molar-refractivity contribution in [2.45, 2.75) is 0 Å². The second-order valence-corrected chi connectivity index (χ2v) is 15.7. The number of nitrogens with zero attached hydrogens (tertiary/aromatic N) is 4. The molecule has 0 fully saturated rings. The summed E-state index contributed by atoms with van der Waals surface area (Å²) >= 11 is 0. The van der Waals surface area contributed by atoms with E-state index in [4.69, 9.17) is 9.97 Å². The van der Waals surface area contributed by atoms with E-state index in [2.05, 4.69) is 179 Å². The summed E-state index contributed by atoms with van der Waals surface area (Å²) in [5.41, 5.74) is 8.88. The molecule has 0 radical (unpaired) electrons. The lowest BCUT2D eigenvalue weighted by molar-refractivity contribution is 1.20. The van der Waals surface area contributed by atoms with Gasteiger partial charge in [-0.15, -0.1) is 0 Å². The number of rotatable bonds is 2. The van der Waals surface area contributed by atoms with Crippen LogP contribution >= 0.6 is 0 Å². The summed E-state index contributed by atoms with van der Waals surface area (Å²) in [6.45, 7) is 0. The first kappa shape index (κ1) is 30.4. The lowest BCUT2D eigenvalue weighted by Gasteiger charge is -2.17. The maximum Gasteiger partial charge on any atom is 0.0969 e. The predicted molar refractivity (Wildman–Crippen MR) is 244 cm³/mol. The van der Waals surface area contributed by atoms with E-state index in [-0.39, 0.29) is 0 Å². The summed E-state index contributed by atoms with van der Waals surface area (Å²) < 4.78 is 4.90. The Morgan fingerprint density at radius 2 is 0.690 bits per heavy atom. The molecule has 58 heavy (non-hydrogen) atoms. The van der Waals surface area contributed by atoms with Gasteiger partial charge in [-0.1, -0.05) is 121 Å². The maximum atomic E-state index is 5.12. The summed E-state index contributed by atoms with van der Waals surface area (Å²) in [4.78, 5) is 10.2. The molecule has 0 aliphatic carbocycles. The van der Waals surface area contributed by atoms with Crippen molar-refractivity contribution in [2.75, 3.05) is 0 Å². The third-order valence-electron chi connectivity index (χ3n) is 12.8. The van der Waals surface area contributed by atoms with Gasteiger partial charge in [-0.2, -0.15) is 0 Å². The van der Waals surface area contributed by atoms with Crippen LogP contribution in [0, 0.1) is 0 Å². The monoisotopic (exact) mass is 734 g/mol. The minimum absolute atomic E-state index is 1.01. The topological polar surface area (TPSA) is 35.6 Å². The van der Waals surface area contributed by atoms with Crippen LogP contribution in [0.25, 0.3) is 131 Å². The number of aromatic nitrogens is 4. The Labute approximate surface area is 330 Å². The van der Waals surface area contributed by atoms with Gasteiger partial charge in [0.2, 0.25) is 0 Å². The van der Waals surface area contributed by atoms with Gasteiger partial charge in [0.1, 0.15) is 0 Å². The van der Waals surface area contributed by atoms with Crippen LogP contribution in [0.5, 0.6) is 0 Å². The standard InChI is InChI=1S/C54H30N4/c1-3-13-35-31(11-1)27-45(39-17-7-5-15-37(35)39)57-43-19-9-25-55-53(43)51-41-23-22-34-30-48-52(42-24-21-33(29-47(51)57)49(41)50(34)42)54-44(20-10-26-56-54)58(48)46-28-32-12-2-4-14-36(32)38-16-6-8-18-40(38)46/h1-30H. The van der Waals surface area contributed by atoms with Gasteiger partial charge in [0, 0.05) is 33.9 Å². The minimum atomic E-state index is 1.01. The molecule has 0 unspecified atom stereocenters. The van der Waals surface area contributed by atoms with Crippen LogP contribution in [0.3, 0.4) is 0 Å². The molecule has 0 aliphatic heterocycles. The van der Waals surface area contributed by atoms with Crippen LogP contribution in [0.15, 0.2) is 182 Å².